The number of piperidine rings is 1. The molecular formula is C24H27FN6O. The number of hydrogen-bond donors (Lipinski definition) is 1. The van der Waals surface area contributed by atoms with Crippen LogP contribution in [0.5, 0.6) is 0 Å². The van der Waals surface area contributed by atoms with Crippen LogP contribution in [0.1, 0.15) is 53.7 Å². The van der Waals surface area contributed by atoms with E-state index in [1.165, 1.54) is 12.1 Å². The Kier molecular flexibility index (Phi) is 5.70. The smallest absolute Gasteiger partial charge is 0.228 e. The van der Waals surface area contributed by atoms with Crippen LogP contribution in [0.4, 0.5) is 10.2 Å². The van der Waals surface area contributed by atoms with Gasteiger partial charge in [0.1, 0.15) is 23.3 Å². The van der Waals surface area contributed by atoms with Crippen LogP contribution >= 0.6 is 0 Å². The van der Waals surface area contributed by atoms with Gasteiger partial charge >= 0.3 is 0 Å². The number of likely N-dealkylation sites (tertiary alicyclic amines) is 1. The van der Waals surface area contributed by atoms with Gasteiger partial charge in [-0.3, -0.25) is 14.6 Å². The lowest BCUT2D eigenvalue weighted by Gasteiger charge is -2.33. The van der Waals surface area contributed by atoms with Crippen molar-refractivity contribution in [3.8, 4) is 0 Å². The summed E-state index contributed by atoms with van der Waals surface area (Å²) in [6.45, 7) is 5.07. The topological polar surface area (TPSA) is 78.0 Å². The number of aromatic nitrogens is 4. The fourth-order valence-electron chi connectivity index (χ4n) is 4.73. The average Bonchev–Trinajstić information content (AvgIpc) is 3.30. The third-order valence-corrected chi connectivity index (χ3v) is 6.41. The Labute approximate surface area is 186 Å². The summed E-state index contributed by atoms with van der Waals surface area (Å²) < 4.78 is 13.3. The van der Waals surface area contributed by atoms with Crippen molar-refractivity contribution in [3.05, 3.63) is 70.9 Å². The third-order valence-electron chi connectivity index (χ3n) is 6.41. The number of benzene rings is 1. The summed E-state index contributed by atoms with van der Waals surface area (Å²) in [6.07, 6.45) is 6.83. The van der Waals surface area contributed by atoms with Crippen molar-refractivity contribution in [2.45, 2.75) is 51.6 Å². The molecule has 1 saturated heterocycles. The molecule has 1 atom stereocenters. The minimum atomic E-state index is -0.282. The molecule has 0 bridgehead atoms. The number of hydrogen-bond acceptors (Lipinski definition) is 5. The highest BCUT2D eigenvalue weighted by molar-refractivity contribution is 5.95. The molecule has 32 heavy (non-hydrogen) atoms. The van der Waals surface area contributed by atoms with Crippen molar-refractivity contribution >= 4 is 11.7 Å². The molecule has 0 unspecified atom stereocenters. The molecule has 3 aromatic rings. The largest absolute Gasteiger partial charge is 0.348 e. The number of halogens is 1. The molecule has 2 aliphatic heterocycles. The van der Waals surface area contributed by atoms with Gasteiger partial charge in [-0.2, -0.15) is 0 Å². The van der Waals surface area contributed by atoms with Crippen molar-refractivity contribution in [2.24, 2.45) is 0 Å². The van der Waals surface area contributed by atoms with Crippen molar-refractivity contribution in [3.63, 3.8) is 0 Å². The molecule has 0 aliphatic carbocycles. The molecular weight excluding hydrogens is 407 g/mol. The zero-order valence-corrected chi connectivity index (χ0v) is 18.2. The number of anilines is 1. The fraction of sp³-hybridized carbons (Fsp3) is 0.417. The molecule has 0 spiro atoms. The van der Waals surface area contributed by atoms with E-state index >= 15 is 0 Å². The van der Waals surface area contributed by atoms with Crippen molar-refractivity contribution in [1.82, 2.24) is 24.8 Å². The number of aromatic amines is 1. The number of amides is 1. The van der Waals surface area contributed by atoms with Gasteiger partial charge in [-0.05, 0) is 50.4 Å². The molecule has 2 aromatic heterocycles. The van der Waals surface area contributed by atoms with E-state index in [1.807, 2.05) is 13.1 Å². The maximum Gasteiger partial charge on any atom is 0.228 e. The summed E-state index contributed by atoms with van der Waals surface area (Å²) in [7, 11) is 0. The summed E-state index contributed by atoms with van der Waals surface area (Å²) in [4.78, 5) is 34.3. The van der Waals surface area contributed by atoms with Crippen molar-refractivity contribution < 1.29 is 9.18 Å². The lowest BCUT2D eigenvalue weighted by Crippen LogP contribution is -2.38. The Hall–Kier alpha value is -3.13. The highest BCUT2D eigenvalue weighted by atomic mass is 19.1. The number of rotatable bonds is 5. The second kappa shape index (κ2) is 8.78. The summed E-state index contributed by atoms with van der Waals surface area (Å²) in [5, 5.41) is 0. The highest BCUT2D eigenvalue weighted by Gasteiger charge is 2.31. The van der Waals surface area contributed by atoms with Gasteiger partial charge in [-0.25, -0.2) is 19.3 Å². The minimum Gasteiger partial charge on any atom is -0.348 e. The molecule has 1 N–H and O–H groups in total. The summed E-state index contributed by atoms with van der Waals surface area (Å²) in [5.74, 6) is 2.47. The van der Waals surface area contributed by atoms with Gasteiger partial charge in [0.15, 0.2) is 0 Å². The second-order valence-electron chi connectivity index (χ2n) is 8.69. The maximum atomic E-state index is 13.3. The standard InChI is InChI=1S/C24H27FN6O/c1-16-20-8-9-22(32)31(13-17-4-6-19(25)7-5-17)24(20)29-23(28-16)18-3-2-12-30(14-18)15-21-26-10-11-27-21/h4-7,10-11,18H,2-3,8-9,12-15H2,1H3,(H,26,27)/t18-/m1/s1. The third kappa shape index (κ3) is 4.27. The monoisotopic (exact) mass is 434 g/mol. The van der Waals surface area contributed by atoms with E-state index in [9.17, 15) is 9.18 Å². The number of imidazole rings is 1. The number of nitrogens with one attached hydrogen (secondary N) is 1. The summed E-state index contributed by atoms with van der Waals surface area (Å²) in [5.41, 5.74) is 2.87. The molecule has 2 aliphatic rings. The first-order valence-corrected chi connectivity index (χ1v) is 11.2. The van der Waals surface area contributed by atoms with Crippen molar-refractivity contribution in [1.29, 1.82) is 0 Å². The predicted molar refractivity (Wildman–Crippen MR) is 119 cm³/mol. The summed E-state index contributed by atoms with van der Waals surface area (Å²) in [6, 6.07) is 6.30. The normalized spacial score (nSPS) is 19.2. The van der Waals surface area contributed by atoms with Gasteiger partial charge in [-0.1, -0.05) is 12.1 Å². The Bertz CT molecular complexity index is 1100. The van der Waals surface area contributed by atoms with E-state index in [-0.39, 0.29) is 17.6 Å². The van der Waals surface area contributed by atoms with E-state index in [1.54, 1.807) is 23.2 Å². The number of carbonyl (C=O) groups is 1. The Morgan fingerprint density at radius 3 is 2.78 bits per heavy atom. The molecule has 1 fully saturated rings. The van der Waals surface area contributed by atoms with E-state index < -0.39 is 0 Å². The van der Waals surface area contributed by atoms with Crippen LogP contribution in [0.25, 0.3) is 0 Å². The first kappa shape index (κ1) is 20.8. The molecule has 0 saturated carbocycles. The number of carbonyl (C=O) groups excluding carboxylic acids is 1. The first-order chi connectivity index (χ1) is 15.6. The van der Waals surface area contributed by atoms with Crippen LogP contribution in [-0.4, -0.2) is 43.8 Å². The molecule has 5 rings (SSSR count). The molecule has 8 heteroatoms. The summed E-state index contributed by atoms with van der Waals surface area (Å²) >= 11 is 0. The fourth-order valence-corrected chi connectivity index (χ4v) is 4.73. The van der Waals surface area contributed by atoms with Crippen LogP contribution in [0.15, 0.2) is 36.7 Å². The van der Waals surface area contributed by atoms with E-state index in [0.717, 1.165) is 66.8 Å². The SMILES string of the molecule is Cc1nc([C@@H]2CCCN(Cc3ncc[nH]3)C2)nc2c1CCC(=O)N2Cc1ccc(F)cc1. The lowest BCUT2D eigenvalue weighted by atomic mass is 9.96. The molecule has 1 aromatic carbocycles. The average molecular weight is 435 g/mol. The molecule has 1 amide bonds. The quantitative estimate of drug-likeness (QED) is 0.665. The molecule has 4 heterocycles. The number of H-pyrrole nitrogens is 1. The van der Waals surface area contributed by atoms with Crippen LogP contribution in [0.2, 0.25) is 0 Å². The van der Waals surface area contributed by atoms with Gasteiger partial charge in [0.05, 0.1) is 13.1 Å². The van der Waals surface area contributed by atoms with E-state index in [4.69, 9.17) is 9.97 Å². The zero-order valence-electron chi connectivity index (χ0n) is 18.2. The Balaban J connectivity index is 1.41. The van der Waals surface area contributed by atoms with Crippen LogP contribution < -0.4 is 4.90 Å². The predicted octanol–water partition coefficient (Wildman–Crippen LogP) is 3.51. The highest BCUT2D eigenvalue weighted by Crippen LogP contribution is 2.33. The number of nitrogens with zero attached hydrogens (tertiary/aromatic N) is 5. The second-order valence-corrected chi connectivity index (χ2v) is 8.69. The molecule has 0 radical (unpaired) electrons. The Morgan fingerprint density at radius 2 is 2.00 bits per heavy atom. The number of fused-ring (bicyclic) bond motifs is 1. The van der Waals surface area contributed by atoms with E-state index in [2.05, 4.69) is 14.9 Å². The maximum absolute atomic E-state index is 13.3. The van der Waals surface area contributed by atoms with Crippen LogP contribution in [-0.2, 0) is 24.3 Å². The van der Waals surface area contributed by atoms with Gasteiger partial charge in [0.25, 0.3) is 0 Å². The minimum absolute atomic E-state index is 0.0500. The lowest BCUT2D eigenvalue weighted by molar-refractivity contribution is -0.119. The van der Waals surface area contributed by atoms with E-state index in [0.29, 0.717) is 19.4 Å². The van der Waals surface area contributed by atoms with Crippen LogP contribution in [0, 0.1) is 12.7 Å². The van der Waals surface area contributed by atoms with Gasteiger partial charge in [0.2, 0.25) is 5.91 Å². The number of aryl methyl sites for hydroxylation is 1. The first-order valence-electron chi connectivity index (χ1n) is 11.2. The van der Waals surface area contributed by atoms with Gasteiger partial charge in [0, 0.05) is 42.5 Å². The van der Waals surface area contributed by atoms with Crippen molar-refractivity contribution in [2.75, 3.05) is 18.0 Å². The Morgan fingerprint density at radius 1 is 1.16 bits per heavy atom. The van der Waals surface area contributed by atoms with Gasteiger partial charge < -0.3 is 4.98 Å². The van der Waals surface area contributed by atoms with Gasteiger partial charge in [-0.15, -0.1) is 0 Å². The van der Waals surface area contributed by atoms with Crippen LogP contribution in [0.3, 0.4) is 0 Å². The zero-order chi connectivity index (χ0) is 22.1. The molecule has 166 valence electrons. The molecule has 7 nitrogen and oxygen atoms in total.